The van der Waals surface area contributed by atoms with Crippen molar-refractivity contribution < 1.29 is 9.90 Å². The number of carbonyl (C=O) groups excluding carboxylic acids is 1. The fourth-order valence-corrected chi connectivity index (χ4v) is 5.29. The van der Waals surface area contributed by atoms with Crippen LogP contribution in [0.5, 0.6) is 0 Å². The highest BCUT2D eigenvalue weighted by Crippen LogP contribution is 2.62. The summed E-state index contributed by atoms with van der Waals surface area (Å²) in [7, 11) is 0. The van der Waals surface area contributed by atoms with Crippen molar-refractivity contribution >= 4 is 5.78 Å². The first kappa shape index (κ1) is 13.4. The monoisotopic (exact) mass is 262 g/mol. The molecule has 4 atom stereocenters. The topological polar surface area (TPSA) is 37.3 Å². The number of fused-ring (bicyclic) bond motifs is 3. The van der Waals surface area contributed by atoms with E-state index in [9.17, 15) is 9.90 Å². The number of rotatable bonds is 1. The summed E-state index contributed by atoms with van der Waals surface area (Å²) in [6.45, 7) is 4.78. The number of allylic oxidation sites excluding steroid dienone is 1. The highest BCUT2D eigenvalue weighted by atomic mass is 16.3. The van der Waals surface area contributed by atoms with Crippen molar-refractivity contribution in [3.8, 4) is 0 Å². The van der Waals surface area contributed by atoms with E-state index in [-0.39, 0.29) is 16.7 Å². The molecule has 0 heterocycles. The summed E-state index contributed by atoms with van der Waals surface area (Å²) in [5.41, 5.74) is 1.71. The second kappa shape index (κ2) is 4.44. The van der Waals surface area contributed by atoms with Crippen LogP contribution in [0.2, 0.25) is 0 Å². The van der Waals surface area contributed by atoms with Crippen molar-refractivity contribution in [3.63, 3.8) is 0 Å². The Morgan fingerprint density at radius 1 is 1.37 bits per heavy atom. The van der Waals surface area contributed by atoms with Gasteiger partial charge in [-0.05, 0) is 49.9 Å². The predicted octanol–water partition coefficient (Wildman–Crippen LogP) is 3.49. The molecule has 2 heteroatoms. The lowest BCUT2D eigenvalue weighted by Crippen LogP contribution is -2.51. The average molecular weight is 262 g/mol. The lowest BCUT2D eigenvalue weighted by atomic mass is 9.47. The van der Waals surface area contributed by atoms with Crippen molar-refractivity contribution in [1.82, 2.24) is 0 Å². The predicted molar refractivity (Wildman–Crippen MR) is 75.7 cm³/mol. The first-order valence-corrected chi connectivity index (χ1v) is 7.88. The Bertz CT molecular complexity index is 425. The maximum Gasteiger partial charge on any atom is 0.136 e. The molecule has 0 amide bonds. The molecule has 0 radical (unpaired) electrons. The first-order chi connectivity index (χ1) is 9.03. The van der Waals surface area contributed by atoms with Gasteiger partial charge >= 0.3 is 0 Å². The van der Waals surface area contributed by atoms with Crippen LogP contribution >= 0.6 is 0 Å². The van der Waals surface area contributed by atoms with E-state index < -0.39 is 0 Å². The van der Waals surface area contributed by atoms with E-state index in [0.29, 0.717) is 18.3 Å². The summed E-state index contributed by atoms with van der Waals surface area (Å²) >= 11 is 0. The van der Waals surface area contributed by atoms with Gasteiger partial charge in [-0.1, -0.05) is 25.5 Å². The molecule has 2 saturated carbocycles. The number of ketones is 1. The Hall–Kier alpha value is -0.630. The van der Waals surface area contributed by atoms with E-state index in [2.05, 4.69) is 19.9 Å². The Kier molecular flexibility index (Phi) is 3.12. The second-order valence-electron chi connectivity index (χ2n) is 7.27. The molecule has 1 N–H and O–H groups in total. The van der Waals surface area contributed by atoms with Crippen LogP contribution in [-0.4, -0.2) is 17.5 Å². The first-order valence-electron chi connectivity index (χ1n) is 7.88. The van der Waals surface area contributed by atoms with E-state index in [1.807, 2.05) is 0 Å². The van der Waals surface area contributed by atoms with Gasteiger partial charge in [-0.15, -0.1) is 0 Å². The van der Waals surface area contributed by atoms with Crippen molar-refractivity contribution in [2.24, 2.45) is 22.7 Å². The third-order valence-electron chi connectivity index (χ3n) is 6.45. The Morgan fingerprint density at radius 3 is 2.89 bits per heavy atom. The highest BCUT2D eigenvalue weighted by molar-refractivity contribution is 5.82. The van der Waals surface area contributed by atoms with Gasteiger partial charge in [-0.2, -0.15) is 0 Å². The summed E-state index contributed by atoms with van der Waals surface area (Å²) < 4.78 is 0. The molecule has 106 valence electrons. The molecule has 2 nitrogen and oxygen atoms in total. The highest BCUT2D eigenvalue weighted by Gasteiger charge is 2.55. The Labute approximate surface area is 116 Å². The van der Waals surface area contributed by atoms with Crippen LogP contribution < -0.4 is 0 Å². The third-order valence-corrected chi connectivity index (χ3v) is 6.45. The van der Waals surface area contributed by atoms with Crippen LogP contribution in [0.25, 0.3) is 0 Å². The standard InChI is InChI=1S/C17H26O2/c1-12-13-6-10-17(11-18)8-4-3-5-15(17)16(13,2)9-7-14(12)19/h5,12-13,18H,3-4,6-11H2,1-2H3/t12?,13-,16?,17?/m0/s1. The lowest BCUT2D eigenvalue weighted by molar-refractivity contribution is -0.132. The van der Waals surface area contributed by atoms with Crippen LogP contribution in [0.3, 0.4) is 0 Å². The maximum atomic E-state index is 12.0. The van der Waals surface area contributed by atoms with Crippen molar-refractivity contribution in [3.05, 3.63) is 11.6 Å². The number of carbonyl (C=O) groups is 1. The molecule has 3 unspecified atom stereocenters. The lowest BCUT2D eigenvalue weighted by Gasteiger charge is -2.57. The summed E-state index contributed by atoms with van der Waals surface area (Å²) in [6, 6.07) is 0. The molecule has 3 aliphatic rings. The molecule has 3 rings (SSSR count). The molecular formula is C17H26O2. The summed E-state index contributed by atoms with van der Waals surface area (Å²) in [6.07, 6.45) is 9.82. The summed E-state index contributed by atoms with van der Waals surface area (Å²) in [4.78, 5) is 12.0. The minimum absolute atomic E-state index is 0.0452. The summed E-state index contributed by atoms with van der Waals surface area (Å²) in [5, 5.41) is 9.99. The third kappa shape index (κ3) is 1.75. The minimum atomic E-state index is 0.0452. The van der Waals surface area contributed by atoms with Crippen LogP contribution in [0.4, 0.5) is 0 Å². The van der Waals surface area contributed by atoms with Gasteiger partial charge in [-0.3, -0.25) is 4.79 Å². The van der Waals surface area contributed by atoms with Gasteiger partial charge in [0.05, 0.1) is 6.61 Å². The normalized spacial score (nSPS) is 46.3. The van der Waals surface area contributed by atoms with Crippen LogP contribution in [-0.2, 0) is 4.79 Å². The molecule has 0 saturated heterocycles. The quantitative estimate of drug-likeness (QED) is 0.734. The van der Waals surface area contributed by atoms with Gasteiger partial charge in [0.15, 0.2) is 0 Å². The van der Waals surface area contributed by atoms with E-state index in [4.69, 9.17) is 0 Å². The molecule has 19 heavy (non-hydrogen) atoms. The Balaban J connectivity index is 2.03. The van der Waals surface area contributed by atoms with Gasteiger partial charge in [0.1, 0.15) is 5.78 Å². The summed E-state index contributed by atoms with van der Waals surface area (Å²) in [5.74, 6) is 1.16. The molecule has 0 aromatic carbocycles. The van der Waals surface area contributed by atoms with E-state index in [1.54, 1.807) is 0 Å². The molecule has 0 aromatic heterocycles. The minimum Gasteiger partial charge on any atom is -0.395 e. The van der Waals surface area contributed by atoms with Crippen LogP contribution in [0.1, 0.15) is 58.8 Å². The van der Waals surface area contributed by atoms with Crippen LogP contribution in [0.15, 0.2) is 11.6 Å². The Morgan fingerprint density at radius 2 is 2.16 bits per heavy atom. The van der Waals surface area contributed by atoms with Crippen molar-refractivity contribution in [2.45, 2.75) is 58.8 Å². The van der Waals surface area contributed by atoms with Crippen molar-refractivity contribution in [1.29, 1.82) is 0 Å². The zero-order valence-electron chi connectivity index (χ0n) is 12.2. The van der Waals surface area contributed by atoms with Crippen molar-refractivity contribution in [2.75, 3.05) is 6.61 Å². The number of hydrogen-bond donors (Lipinski definition) is 1. The van der Waals surface area contributed by atoms with Gasteiger partial charge in [-0.25, -0.2) is 0 Å². The van der Waals surface area contributed by atoms with Gasteiger partial charge in [0.2, 0.25) is 0 Å². The van der Waals surface area contributed by atoms with E-state index in [0.717, 1.165) is 38.5 Å². The van der Waals surface area contributed by atoms with E-state index in [1.165, 1.54) is 12.0 Å². The average Bonchev–Trinajstić information content (AvgIpc) is 2.43. The number of aliphatic hydroxyl groups excluding tert-OH is 1. The second-order valence-corrected chi connectivity index (χ2v) is 7.27. The SMILES string of the molecule is CC1C(=O)CCC2(C)C3=CCCCC3(CO)CC[C@@H]12. The van der Waals surface area contributed by atoms with Gasteiger partial charge in [0.25, 0.3) is 0 Å². The number of aliphatic hydroxyl groups is 1. The molecule has 2 fully saturated rings. The molecule has 3 aliphatic carbocycles. The maximum absolute atomic E-state index is 12.0. The fraction of sp³-hybridized carbons (Fsp3) is 0.824. The largest absolute Gasteiger partial charge is 0.395 e. The zero-order chi connectivity index (χ0) is 13.7. The molecule has 0 aliphatic heterocycles. The van der Waals surface area contributed by atoms with E-state index >= 15 is 0 Å². The van der Waals surface area contributed by atoms with Gasteiger partial charge < -0.3 is 5.11 Å². The molecule has 0 aromatic rings. The smallest absolute Gasteiger partial charge is 0.136 e. The van der Waals surface area contributed by atoms with Crippen LogP contribution in [0, 0.1) is 22.7 Å². The molecular weight excluding hydrogens is 236 g/mol. The fourth-order valence-electron chi connectivity index (χ4n) is 5.29. The molecule has 0 bridgehead atoms. The molecule has 0 spiro atoms. The zero-order valence-corrected chi connectivity index (χ0v) is 12.2. The number of Topliss-reactive ketones (excluding diaryl/α,β-unsaturated/α-hetero) is 1. The van der Waals surface area contributed by atoms with Gasteiger partial charge in [0, 0.05) is 17.8 Å². The number of hydrogen-bond acceptors (Lipinski definition) is 2.